The van der Waals surface area contributed by atoms with E-state index in [1.54, 1.807) is 11.8 Å². The Hall–Kier alpha value is -1.36. The van der Waals surface area contributed by atoms with E-state index in [0.29, 0.717) is 0 Å². The Morgan fingerprint density at radius 3 is 2.80 bits per heavy atom. The van der Waals surface area contributed by atoms with E-state index < -0.39 is 0 Å². The molecular formula is C10H10BrN3O. The van der Waals surface area contributed by atoms with Gasteiger partial charge in [-0.3, -0.25) is 0 Å². The molecule has 0 aliphatic rings. The summed E-state index contributed by atoms with van der Waals surface area (Å²) < 4.78 is 7.94. The van der Waals surface area contributed by atoms with Gasteiger partial charge in [-0.05, 0) is 25.1 Å². The summed E-state index contributed by atoms with van der Waals surface area (Å²) in [5.74, 6) is 0.759. The summed E-state index contributed by atoms with van der Waals surface area (Å²) >= 11 is 3.39. The average molecular weight is 268 g/mol. The Morgan fingerprint density at radius 2 is 2.20 bits per heavy atom. The van der Waals surface area contributed by atoms with Crippen LogP contribution in [0.1, 0.15) is 5.69 Å². The van der Waals surface area contributed by atoms with Gasteiger partial charge in [0.1, 0.15) is 11.4 Å². The van der Waals surface area contributed by atoms with E-state index in [1.165, 1.54) is 0 Å². The van der Waals surface area contributed by atoms with Crippen LogP contribution < -0.4 is 4.74 Å². The Labute approximate surface area is 96.0 Å². The van der Waals surface area contributed by atoms with Gasteiger partial charge in [0.25, 0.3) is 0 Å². The first kappa shape index (κ1) is 10.2. The molecule has 0 bridgehead atoms. The van der Waals surface area contributed by atoms with Crippen molar-refractivity contribution in [2.24, 2.45) is 0 Å². The van der Waals surface area contributed by atoms with E-state index in [1.807, 2.05) is 31.3 Å². The molecule has 1 aromatic heterocycles. The zero-order valence-electron chi connectivity index (χ0n) is 8.44. The number of halogens is 1. The molecule has 0 unspecified atom stereocenters. The van der Waals surface area contributed by atoms with Gasteiger partial charge in [-0.15, -0.1) is 5.10 Å². The lowest BCUT2D eigenvalue weighted by Gasteiger charge is -2.07. The SMILES string of the molecule is COc1cc(Br)ccc1-n1cc(C)nn1. The molecule has 0 atom stereocenters. The van der Waals surface area contributed by atoms with Gasteiger partial charge >= 0.3 is 0 Å². The number of aryl methyl sites for hydroxylation is 1. The highest BCUT2D eigenvalue weighted by molar-refractivity contribution is 9.10. The standard InChI is InChI=1S/C10H10BrN3O/c1-7-6-14(13-12-7)9-4-3-8(11)5-10(9)15-2/h3-6H,1-2H3. The van der Waals surface area contributed by atoms with Crippen LogP contribution in [0.15, 0.2) is 28.9 Å². The first-order chi connectivity index (χ1) is 7.20. The van der Waals surface area contributed by atoms with Crippen LogP contribution in [0.5, 0.6) is 5.75 Å². The zero-order valence-corrected chi connectivity index (χ0v) is 10.0. The number of benzene rings is 1. The van der Waals surface area contributed by atoms with Crippen LogP contribution in [-0.4, -0.2) is 22.1 Å². The van der Waals surface area contributed by atoms with Crippen molar-refractivity contribution in [3.63, 3.8) is 0 Å². The van der Waals surface area contributed by atoms with Gasteiger partial charge in [0.2, 0.25) is 0 Å². The fraction of sp³-hybridized carbons (Fsp3) is 0.200. The third-order valence-corrected chi connectivity index (χ3v) is 2.49. The van der Waals surface area contributed by atoms with Crippen LogP contribution in [0.4, 0.5) is 0 Å². The minimum atomic E-state index is 0.759. The molecule has 5 heteroatoms. The highest BCUT2D eigenvalue weighted by atomic mass is 79.9. The third-order valence-electron chi connectivity index (χ3n) is 2.00. The van der Waals surface area contributed by atoms with E-state index in [2.05, 4.69) is 26.2 Å². The number of rotatable bonds is 2. The Balaban J connectivity index is 2.52. The molecule has 2 aromatic rings. The van der Waals surface area contributed by atoms with E-state index in [0.717, 1.165) is 21.6 Å². The lowest BCUT2D eigenvalue weighted by atomic mass is 10.3. The molecule has 0 aliphatic heterocycles. The predicted molar refractivity (Wildman–Crippen MR) is 60.3 cm³/mol. The van der Waals surface area contributed by atoms with Gasteiger partial charge in [-0.1, -0.05) is 21.1 Å². The van der Waals surface area contributed by atoms with Gasteiger partial charge in [-0.25, -0.2) is 4.68 Å². The lowest BCUT2D eigenvalue weighted by molar-refractivity contribution is 0.411. The lowest BCUT2D eigenvalue weighted by Crippen LogP contribution is -1.98. The fourth-order valence-corrected chi connectivity index (χ4v) is 1.65. The normalized spacial score (nSPS) is 10.3. The molecule has 1 heterocycles. The van der Waals surface area contributed by atoms with Crippen LogP contribution >= 0.6 is 15.9 Å². The van der Waals surface area contributed by atoms with Gasteiger partial charge in [-0.2, -0.15) is 0 Å². The second-order valence-electron chi connectivity index (χ2n) is 3.12. The first-order valence-corrected chi connectivity index (χ1v) is 5.23. The third kappa shape index (κ3) is 2.02. The van der Waals surface area contributed by atoms with E-state index in [-0.39, 0.29) is 0 Å². The molecule has 0 N–H and O–H groups in total. The molecule has 0 fully saturated rings. The monoisotopic (exact) mass is 267 g/mol. The Morgan fingerprint density at radius 1 is 1.40 bits per heavy atom. The first-order valence-electron chi connectivity index (χ1n) is 4.43. The van der Waals surface area contributed by atoms with Crippen molar-refractivity contribution in [1.82, 2.24) is 15.0 Å². The van der Waals surface area contributed by atoms with Crippen LogP contribution in [0.25, 0.3) is 5.69 Å². The Kier molecular flexibility index (Phi) is 2.73. The minimum Gasteiger partial charge on any atom is -0.494 e. The number of aromatic nitrogens is 3. The molecule has 0 saturated heterocycles. The van der Waals surface area contributed by atoms with Crippen molar-refractivity contribution in [3.05, 3.63) is 34.6 Å². The van der Waals surface area contributed by atoms with Crippen molar-refractivity contribution < 1.29 is 4.74 Å². The van der Waals surface area contributed by atoms with Crippen LogP contribution in [0, 0.1) is 6.92 Å². The quantitative estimate of drug-likeness (QED) is 0.839. The van der Waals surface area contributed by atoms with Crippen LogP contribution in [-0.2, 0) is 0 Å². The summed E-state index contributed by atoms with van der Waals surface area (Å²) in [6.07, 6.45) is 1.85. The molecule has 0 spiro atoms. The van der Waals surface area contributed by atoms with Crippen LogP contribution in [0.3, 0.4) is 0 Å². The summed E-state index contributed by atoms with van der Waals surface area (Å²) in [6, 6.07) is 5.76. The molecule has 1 aromatic carbocycles. The summed E-state index contributed by atoms with van der Waals surface area (Å²) in [5.41, 5.74) is 1.75. The maximum Gasteiger partial charge on any atom is 0.145 e. The second-order valence-corrected chi connectivity index (χ2v) is 4.04. The molecule has 78 valence electrons. The molecule has 0 radical (unpaired) electrons. The number of hydrogen-bond acceptors (Lipinski definition) is 3. The van der Waals surface area contributed by atoms with Gasteiger partial charge < -0.3 is 4.74 Å². The number of nitrogens with zero attached hydrogens (tertiary/aromatic N) is 3. The van der Waals surface area contributed by atoms with Gasteiger partial charge in [0, 0.05) is 4.47 Å². The Bertz CT molecular complexity index is 481. The topological polar surface area (TPSA) is 39.9 Å². The maximum absolute atomic E-state index is 5.27. The summed E-state index contributed by atoms with van der Waals surface area (Å²) in [6.45, 7) is 1.90. The van der Waals surface area contributed by atoms with E-state index in [4.69, 9.17) is 4.74 Å². The van der Waals surface area contributed by atoms with Crippen molar-refractivity contribution in [2.45, 2.75) is 6.92 Å². The second kappa shape index (κ2) is 4.02. The molecule has 0 amide bonds. The smallest absolute Gasteiger partial charge is 0.145 e. The number of hydrogen-bond donors (Lipinski definition) is 0. The van der Waals surface area contributed by atoms with E-state index >= 15 is 0 Å². The average Bonchev–Trinajstić information content (AvgIpc) is 2.64. The number of ether oxygens (including phenoxy) is 1. The molecule has 0 aliphatic carbocycles. The predicted octanol–water partition coefficient (Wildman–Crippen LogP) is 2.35. The summed E-state index contributed by atoms with van der Waals surface area (Å²) in [7, 11) is 1.63. The summed E-state index contributed by atoms with van der Waals surface area (Å²) in [4.78, 5) is 0. The van der Waals surface area contributed by atoms with E-state index in [9.17, 15) is 0 Å². The minimum absolute atomic E-state index is 0.759. The van der Waals surface area contributed by atoms with Crippen LogP contribution in [0.2, 0.25) is 0 Å². The maximum atomic E-state index is 5.27. The van der Waals surface area contributed by atoms with Gasteiger partial charge in [0.05, 0.1) is 19.0 Å². The van der Waals surface area contributed by atoms with Crippen molar-refractivity contribution in [1.29, 1.82) is 0 Å². The molecule has 4 nitrogen and oxygen atoms in total. The molecular weight excluding hydrogens is 258 g/mol. The summed E-state index contributed by atoms with van der Waals surface area (Å²) in [5, 5.41) is 7.93. The molecule has 15 heavy (non-hydrogen) atoms. The largest absolute Gasteiger partial charge is 0.494 e. The highest BCUT2D eigenvalue weighted by Crippen LogP contribution is 2.26. The molecule has 2 rings (SSSR count). The van der Waals surface area contributed by atoms with Crippen molar-refractivity contribution in [2.75, 3.05) is 7.11 Å². The zero-order chi connectivity index (χ0) is 10.8. The fourth-order valence-electron chi connectivity index (χ4n) is 1.31. The highest BCUT2D eigenvalue weighted by Gasteiger charge is 2.07. The van der Waals surface area contributed by atoms with Crippen molar-refractivity contribution in [3.8, 4) is 11.4 Å². The van der Waals surface area contributed by atoms with Gasteiger partial charge in [0.15, 0.2) is 0 Å². The van der Waals surface area contributed by atoms with Crippen molar-refractivity contribution >= 4 is 15.9 Å². The number of methoxy groups -OCH3 is 1. The molecule has 0 saturated carbocycles.